The van der Waals surface area contributed by atoms with E-state index in [1.165, 1.54) is 27.5 Å². The van der Waals surface area contributed by atoms with E-state index in [0.29, 0.717) is 0 Å². The summed E-state index contributed by atoms with van der Waals surface area (Å²) in [6.07, 6.45) is 3.29. The second-order valence-electron chi connectivity index (χ2n) is 5.72. The maximum atomic E-state index is 5.29. The van der Waals surface area contributed by atoms with Crippen molar-refractivity contribution in [3.63, 3.8) is 0 Å². The van der Waals surface area contributed by atoms with Crippen LogP contribution in [0.4, 0.5) is 0 Å². The molecule has 1 heterocycles. The van der Waals surface area contributed by atoms with Gasteiger partial charge in [-0.3, -0.25) is 0 Å². The summed E-state index contributed by atoms with van der Waals surface area (Å²) in [4.78, 5) is 3.99. The smallest absolute Gasteiger partial charge is 0.322 e. The highest BCUT2D eigenvalue weighted by Gasteiger charge is 2.03. The molecule has 116 valence electrons. The van der Waals surface area contributed by atoms with Crippen molar-refractivity contribution in [2.75, 3.05) is 0 Å². The number of hydrogen-bond donors (Lipinski definition) is 0. The van der Waals surface area contributed by atoms with E-state index in [4.69, 9.17) is 4.65 Å². The number of aromatic nitrogens is 3. The van der Waals surface area contributed by atoms with Crippen LogP contribution < -0.4 is 4.65 Å². The first kappa shape index (κ1) is 14.5. The summed E-state index contributed by atoms with van der Waals surface area (Å²) in [7, 11) is 1.69. The molecule has 3 aromatic carbocycles. The van der Waals surface area contributed by atoms with Crippen molar-refractivity contribution in [1.29, 1.82) is 0 Å². The molecule has 0 N–H and O–H groups in total. The van der Waals surface area contributed by atoms with Gasteiger partial charge in [-0.1, -0.05) is 36.4 Å². The van der Waals surface area contributed by atoms with Crippen LogP contribution in [0.25, 0.3) is 21.9 Å². The van der Waals surface area contributed by atoms with E-state index >= 15 is 0 Å². The van der Waals surface area contributed by atoms with Crippen molar-refractivity contribution in [2.45, 2.75) is 6.54 Å². The molecule has 0 atom stereocenters. The molecule has 0 saturated carbocycles. The van der Waals surface area contributed by atoms with Gasteiger partial charge in [-0.05, 0) is 51.7 Å². The monoisotopic (exact) mass is 313 g/mol. The molecule has 0 saturated heterocycles. The van der Waals surface area contributed by atoms with E-state index in [9.17, 15) is 0 Å². The second kappa shape index (κ2) is 6.20. The fourth-order valence-electron chi connectivity index (χ4n) is 2.88. The average Bonchev–Trinajstić information content (AvgIpc) is 3.14. The topological polar surface area (TPSA) is 39.9 Å². The minimum absolute atomic E-state index is 0.721. The number of rotatable bonds is 4. The lowest BCUT2D eigenvalue weighted by Crippen LogP contribution is -1.99. The molecule has 0 unspecified atom stereocenters. The Hall–Kier alpha value is -3.08. The Morgan fingerprint density at radius 2 is 1.75 bits per heavy atom. The minimum Gasteiger partial charge on any atom is -0.568 e. The third kappa shape index (κ3) is 2.88. The van der Waals surface area contributed by atoms with Gasteiger partial charge in [-0.15, -0.1) is 0 Å². The average molecular weight is 313 g/mol. The lowest BCUT2D eigenvalue weighted by Gasteiger charge is -2.08. The SMILES string of the molecule is BOc1ccc2cc(-c3cccc(Cn4cncn4)c3)ccc2c1. The molecular formula is C19H16BN3O. The predicted octanol–water partition coefficient (Wildman–Crippen LogP) is 3.07. The van der Waals surface area contributed by atoms with E-state index in [0.717, 1.165) is 12.3 Å². The summed E-state index contributed by atoms with van der Waals surface area (Å²) < 4.78 is 7.11. The van der Waals surface area contributed by atoms with Gasteiger partial charge in [-0.2, -0.15) is 5.10 Å². The van der Waals surface area contributed by atoms with E-state index < -0.39 is 0 Å². The van der Waals surface area contributed by atoms with E-state index in [1.54, 1.807) is 20.7 Å². The summed E-state index contributed by atoms with van der Waals surface area (Å²) >= 11 is 0. The maximum Gasteiger partial charge on any atom is 0.322 e. The maximum absolute atomic E-state index is 5.29. The van der Waals surface area contributed by atoms with Gasteiger partial charge in [0.1, 0.15) is 12.7 Å². The van der Waals surface area contributed by atoms with Crippen LogP contribution in [0.15, 0.2) is 73.3 Å². The summed E-state index contributed by atoms with van der Waals surface area (Å²) in [6.45, 7) is 0.721. The molecule has 0 radical (unpaired) electrons. The first-order chi connectivity index (χ1) is 11.8. The van der Waals surface area contributed by atoms with Crippen LogP contribution in [0.5, 0.6) is 5.75 Å². The van der Waals surface area contributed by atoms with Gasteiger partial charge >= 0.3 is 8.05 Å². The molecule has 4 rings (SSSR count). The quantitative estimate of drug-likeness (QED) is 0.544. The van der Waals surface area contributed by atoms with Crippen LogP contribution in [-0.4, -0.2) is 22.8 Å². The van der Waals surface area contributed by atoms with E-state index in [-0.39, 0.29) is 0 Å². The standard InChI is InChI=1S/C19H16BN3O/c20-24-19-7-6-17-9-16(4-5-18(17)10-19)15-3-1-2-14(8-15)11-23-13-21-12-22-23/h1-10,12-13H,11,20H2. The summed E-state index contributed by atoms with van der Waals surface area (Å²) in [5.41, 5.74) is 3.60. The van der Waals surface area contributed by atoms with Crippen molar-refractivity contribution < 1.29 is 4.65 Å². The molecular weight excluding hydrogens is 297 g/mol. The first-order valence-corrected chi connectivity index (χ1v) is 7.81. The zero-order valence-electron chi connectivity index (χ0n) is 13.4. The van der Waals surface area contributed by atoms with Crippen molar-refractivity contribution >= 4 is 18.8 Å². The number of hydrogen-bond acceptors (Lipinski definition) is 3. The van der Waals surface area contributed by atoms with Crippen LogP contribution in [-0.2, 0) is 6.54 Å². The Labute approximate surface area is 141 Å². The third-order valence-electron chi connectivity index (χ3n) is 4.12. The van der Waals surface area contributed by atoms with Gasteiger partial charge in [0, 0.05) is 0 Å². The molecule has 1 aromatic heterocycles. The van der Waals surface area contributed by atoms with Crippen LogP contribution in [0.3, 0.4) is 0 Å². The van der Waals surface area contributed by atoms with Gasteiger partial charge in [-0.25, -0.2) is 9.67 Å². The second-order valence-corrected chi connectivity index (χ2v) is 5.72. The number of fused-ring (bicyclic) bond motifs is 1. The van der Waals surface area contributed by atoms with Crippen molar-refractivity contribution in [2.24, 2.45) is 0 Å². The normalized spacial score (nSPS) is 10.8. The Kier molecular flexibility index (Phi) is 3.75. The highest BCUT2D eigenvalue weighted by Crippen LogP contribution is 2.27. The lowest BCUT2D eigenvalue weighted by atomic mass is 9.99. The Morgan fingerprint density at radius 1 is 0.917 bits per heavy atom. The zero-order chi connectivity index (χ0) is 16.4. The fourth-order valence-corrected chi connectivity index (χ4v) is 2.88. The molecule has 4 nitrogen and oxygen atoms in total. The van der Waals surface area contributed by atoms with Crippen LogP contribution in [0, 0.1) is 0 Å². The molecule has 0 aliphatic heterocycles. The minimum atomic E-state index is 0.721. The van der Waals surface area contributed by atoms with Gasteiger partial charge in [0.25, 0.3) is 0 Å². The fraction of sp³-hybridized carbons (Fsp3) is 0.0526. The molecule has 0 fully saturated rings. The van der Waals surface area contributed by atoms with Gasteiger partial charge < -0.3 is 4.65 Å². The third-order valence-corrected chi connectivity index (χ3v) is 4.12. The number of benzene rings is 3. The lowest BCUT2D eigenvalue weighted by molar-refractivity contribution is 0.617. The Morgan fingerprint density at radius 3 is 2.58 bits per heavy atom. The van der Waals surface area contributed by atoms with Gasteiger partial charge in [0.2, 0.25) is 0 Å². The first-order valence-electron chi connectivity index (χ1n) is 7.81. The predicted molar refractivity (Wildman–Crippen MR) is 97.7 cm³/mol. The van der Waals surface area contributed by atoms with Crippen LogP contribution >= 0.6 is 0 Å². The van der Waals surface area contributed by atoms with Crippen LogP contribution in [0.1, 0.15) is 5.56 Å². The molecule has 5 heteroatoms. The molecule has 0 aliphatic rings. The van der Waals surface area contributed by atoms with Crippen molar-refractivity contribution in [3.05, 3.63) is 78.9 Å². The van der Waals surface area contributed by atoms with Gasteiger partial charge in [0.05, 0.1) is 12.3 Å². The Bertz CT molecular complexity index is 983. The van der Waals surface area contributed by atoms with Gasteiger partial charge in [0.15, 0.2) is 0 Å². The van der Waals surface area contributed by atoms with Crippen LogP contribution in [0.2, 0.25) is 0 Å². The Balaban J connectivity index is 1.69. The molecule has 0 aliphatic carbocycles. The summed E-state index contributed by atoms with van der Waals surface area (Å²) in [5, 5.41) is 6.55. The highest BCUT2D eigenvalue weighted by atomic mass is 16.4. The zero-order valence-corrected chi connectivity index (χ0v) is 13.4. The summed E-state index contributed by atoms with van der Waals surface area (Å²) in [5.74, 6) is 0.880. The number of nitrogens with zero attached hydrogens (tertiary/aromatic N) is 3. The summed E-state index contributed by atoms with van der Waals surface area (Å²) in [6, 6.07) is 21.2. The van der Waals surface area contributed by atoms with E-state index in [2.05, 4.69) is 64.7 Å². The molecule has 4 aromatic rings. The molecule has 0 amide bonds. The molecule has 24 heavy (non-hydrogen) atoms. The largest absolute Gasteiger partial charge is 0.568 e. The van der Waals surface area contributed by atoms with Crippen molar-refractivity contribution in [3.8, 4) is 16.9 Å². The highest BCUT2D eigenvalue weighted by molar-refractivity contribution is 6.00. The van der Waals surface area contributed by atoms with Crippen molar-refractivity contribution in [1.82, 2.24) is 14.8 Å². The van der Waals surface area contributed by atoms with E-state index in [1.807, 2.05) is 10.7 Å². The molecule has 0 bridgehead atoms. The molecule has 0 spiro atoms.